The van der Waals surface area contributed by atoms with E-state index in [-0.39, 0.29) is 5.91 Å². The van der Waals surface area contributed by atoms with Gasteiger partial charge in [-0.15, -0.1) is 0 Å². The first-order chi connectivity index (χ1) is 8.22. The summed E-state index contributed by atoms with van der Waals surface area (Å²) in [5.74, 6) is 0.209. The van der Waals surface area contributed by atoms with Gasteiger partial charge in [-0.1, -0.05) is 24.6 Å². The van der Waals surface area contributed by atoms with E-state index in [4.69, 9.17) is 0 Å². The minimum absolute atomic E-state index is 0.209. The number of carbonyl (C=O) groups is 1. The van der Waals surface area contributed by atoms with E-state index in [0.29, 0.717) is 6.04 Å². The quantitative estimate of drug-likeness (QED) is 0.764. The molecule has 0 radical (unpaired) electrons. The largest absolute Gasteiger partial charge is 0.336 e. The van der Waals surface area contributed by atoms with Gasteiger partial charge in [0.25, 0.3) is 5.91 Å². The Morgan fingerprint density at radius 2 is 2.24 bits per heavy atom. The zero-order valence-corrected chi connectivity index (χ0v) is 10.8. The van der Waals surface area contributed by atoms with Gasteiger partial charge in [0, 0.05) is 18.2 Å². The molecule has 0 aromatic heterocycles. The van der Waals surface area contributed by atoms with Crippen molar-refractivity contribution < 1.29 is 4.79 Å². The molecule has 1 aliphatic heterocycles. The van der Waals surface area contributed by atoms with E-state index in [1.165, 1.54) is 6.42 Å². The summed E-state index contributed by atoms with van der Waals surface area (Å²) >= 11 is 0. The van der Waals surface area contributed by atoms with Crippen LogP contribution in [0.3, 0.4) is 0 Å². The summed E-state index contributed by atoms with van der Waals surface area (Å²) in [5, 5.41) is 0. The molecular formula is C15H21NO. The van der Waals surface area contributed by atoms with E-state index >= 15 is 0 Å². The Morgan fingerprint density at radius 3 is 2.94 bits per heavy atom. The van der Waals surface area contributed by atoms with Gasteiger partial charge in [0.15, 0.2) is 0 Å². The van der Waals surface area contributed by atoms with Crippen molar-refractivity contribution in [1.29, 1.82) is 0 Å². The van der Waals surface area contributed by atoms with E-state index < -0.39 is 0 Å². The molecule has 0 N–H and O–H groups in total. The first kappa shape index (κ1) is 12.2. The third-order valence-electron chi connectivity index (χ3n) is 3.62. The molecule has 1 unspecified atom stereocenters. The van der Waals surface area contributed by atoms with E-state index in [0.717, 1.165) is 36.9 Å². The molecular weight excluding hydrogens is 210 g/mol. The molecule has 92 valence electrons. The Balaban J connectivity index is 2.18. The van der Waals surface area contributed by atoms with Crippen LogP contribution in [-0.4, -0.2) is 23.4 Å². The monoisotopic (exact) mass is 231 g/mol. The van der Waals surface area contributed by atoms with Crippen LogP contribution in [0.2, 0.25) is 0 Å². The highest BCUT2D eigenvalue weighted by molar-refractivity contribution is 5.94. The summed E-state index contributed by atoms with van der Waals surface area (Å²) < 4.78 is 0. The highest BCUT2D eigenvalue weighted by Crippen LogP contribution is 2.21. The molecule has 1 heterocycles. The van der Waals surface area contributed by atoms with Crippen LogP contribution < -0.4 is 0 Å². The zero-order valence-electron chi connectivity index (χ0n) is 10.8. The van der Waals surface area contributed by atoms with Crippen LogP contribution in [0.5, 0.6) is 0 Å². The van der Waals surface area contributed by atoms with Crippen molar-refractivity contribution in [2.24, 2.45) is 0 Å². The van der Waals surface area contributed by atoms with Gasteiger partial charge in [-0.2, -0.15) is 0 Å². The Morgan fingerprint density at radius 1 is 1.41 bits per heavy atom. The smallest absolute Gasteiger partial charge is 0.254 e. The summed E-state index contributed by atoms with van der Waals surface area (Å²) in [6.45, 7) is 5.13. The van der Waals surface area contributed by atoms with Gasteiger partial charge in [0.2, 0.25) is 0 Å². The number of likely N-dealkylation sites (tertiary alicyclic amines) is 1. The van der Waals surface area contributed by atoms with Crippen LogP contribution in [-0.2, 0) is 0 Å². The second-order valence-corrected chi connectivity index (χ2v) is 4.93. The summed E-state index contributed by atoms with van der Waals surface area (Å²) in [4.78, 5) is 14.5. The maximum absolute atomic E-state index is 12.4. The normalized spacial score (nSPS) is 20.4. The molecule has 17 heavy (non-hydrogen) atoms. The lowest BCUT2D eigenvalue weighted by molar-refractivity contribution is 0.0608. The molecule has 0 aliphatic carbocycles. The minimum Gasteiger partial charge on any atom is -0.336 e. The van der Waals surface area contributed by atoms with Crippen LogP contribution in [0.15, 0.2) is 24.3 Å². The Bertz CT molecular complexity index is 400. The Kier molecular flexibility index (Phi) is 3.82. The molecule has 1 aliphatic rings. The van der Waals surface area contributed by atoms with Crippen LogP contribution in [0.4, 0.5) is 0 Å². The van der Waals surface area contributed by atoms with Crippen LogP contribution in [0.25, 0.3) is 0 Å². The van der Waals surface area contributed by atoms with Gasteiger partial charge in [-0.25, -0.2) is 0 Å². The van der Waals surface area contributed by atoms with Gasteiger partial charge in [0.05, 0.1) is 0 Å². The van der Waals surface area contributed by atoms with Crippen molar-refractivity contribution in [2.45, 2.75) is 45.6 Å². The SMILES string of the molecule is CCC1CCCCN1C(=O)c1cccc(C)c1. The molecule has 0 saturated carbocycles. The molecule has 0 bridgehead atoms. The fraction of sp³-hybridized carbons (Fsp3) is 0.533. The minimum atomic E-state index is 0.209. The molecule has 1 fully saturated rings. The standard InChI is InChI=1S/C15H21NO/c1-3-14-9-4-5-10-16(14)15(17)13-8-6-7-12(2)11-13/h6-8,11,14H,3-5,9-10H2,1-2H3. The number of benzene rings is 1. The zero-order chi connectivity index (χ0) is 12.3. The fourth-order valence-corrected chi connectivity index (χ4v) is 2.64. The molecule has 1 aromatic carbocycles. The summed E-state index contributed by atoms with van der Waals surface area (Å²) in [7, 11) is 0. The predicted molar refractivity (Wildman–Crippen MR) is 70.1 cm³/mol. The maximum Gasteiger partial charge on any atom is 0.254 e. The topological polar surface area (TPSA) is 20.3 Å². The van der Waals surface area contributed by atoms with Crippen molar-refractivity contribution in [2.75, 3.05) is 6.54 Å². The lowest BCUT2D eigenvalue weighted by atomic mass is 9.98. The van der Waals surface area contributed by atoms with E-state index in [9.17, 15) is 4.79 Å². The van der Waals surface area contributed by atoms with Crippen LogP contribution in [0, 0.1) is 6.92 Å². The number of nitrogens with zero attached hydrogens (tertiary/aromatic N) is 1. The highest BCUT2D eigenvalue weighted by atomic mass is 16.2. The van der Waals surface area contributed by atoms with Crippen molar-refractivity contribution in [3.63, 3.8) is 0 Å². The van der Waals surface area contributed by atoms with E-state index in [1.54, 1.807) is 0 Å². The summed E-state index contributed by atoms with van der Waals surface area (Å²) in [5.41, 5.74) is 1.99. The van der Waals surface area contributed by atoms with Crippen LogP contribution >= 0.6 is 0 Å². The van der Waals surface area contributed by atoms with Gasteiger partial charge in [0.1, 0.15) is 0 Å². The molecule has 2 rings (SSSR count). The predicted octanol–water partition coefficient (Wildman–Crippen LogP) is 3.40. The van der Waals surface area contributed by atoms with E-state index in [1.807, 2.05) is 31.2 Å². The third kappa shape index (κ3) is 2.68. The van der Waals surface area contributed by atoms with Crippen molar-refractivity contribution in [1.82, 2.24) is 4.90 Å². The van der Waals surface area contributed by atoms with Crippen molar-refractivity contribution in [3.8, 4) is 0 Å². The molecule has 1 aromatic rings. The van der Waals surface area contributed by atoms with Crippen molar-refractivity contribution >= 4 is 5.91 Å². The summed E-state index contributed by atoms with van der Waals surface area (Å²) in [6.07, 6.45) is 4.63. The summed E-state index contributed by atoms with van der Waals surface area (Å²) in [6, 6.07) is 8.36. The average Bonchev–Trinajstić information content (AvgIpc) is 2.38. The number of aryl methyl sites for hydroxylation is 1. The molecule has 1 amide bonds. The highest BCUT2D eigenvalue weighted by Gasteiger charge is 2.25. The van der Waals surface area contributed by atoms with Gasteiger partial charge < -0.3 is 4.90 Å². The van der Waals surface area contributed by atoms with Gasteiger partial charge in [-0.05, 0) is 44.7 Å². The van der Waals surface area contributed by atoms with Gasteiger partial charge in [-0.3, -0.25) is 4.79 Å². The lowest BCUT2D eigenvalue weighted by Crippen LogP contribution is -2.43. The number of amides is 1. The number of rotatable bonds is 2. The number of hydrogen-bond donors (Lipinski definition) is 0. The molecule has 1 saturated heterocycles. The molecule has 1 atom stereocenters. The lowest BCUT2D eigenvalue weighted by Gasteiger charge is -2.35. The average molecular weight is 231 g/mol. The van der Waals surface area contributed by atoms with Gasteiger partial charge >= 0.3 is 0 Å². The molecule has 2 heteroatoms. The maximum atomic E-state index is 12.4. The Hall–Kier alpha value is -1.31. The van der Waals surface area contributed by atoms with Crippen molar-refractivity contribution in [3.05, 3.63) is 35.4 Å². The van der Waals surface area contributed by atoms with E-state index in [2.05, 4.69) is 11.8 Å². The second-order valence-electron chi connectivity index (χ2n) is 4.93. The molecule has 2 nitrogen and oxygen atoms in total. The second kappa shape index (κ2) is 5.35. The first-order valence-electron chi connectivity index (χ1n) is 6.60. The molecule has 0 spiro atoms. The number of hydrogen-bond acceptors (Lipinski definition) is 1. The third-order valence-corrected chi connectivity index (χ3v) is 3.62. The fourth-order valence-electron chi connectivity index (χ4n) is 2.64. The first-order valence-corrected chi connectivity index (χ1v) is 6.60. The Labute approximate surface area is 104 Å². The number of piperidine rings is 1. The number of carbonyl (C=O) groups excluding carboxylic acids is 1. The van der Waals surface area contributed by atoms with Crippen LogP contribution in [0.1, 0.15) is 48.5 Å².